The number of phenolic OH excluding ortho intramolecular Hbond substituents is 2. The number of hydrogen-bond acceptors (Lipinski definition) is 4. The number of ether oxygens (including phenoxy) is 1. The molecule has 0 aromatic heterocycles. The highest BCUT2D eigenvalue weighted by Crippen LogP contribution is 2.25. The van der Waals surface area contributed by atoms with Gasteiger partial charge in [0.1, 0.15) is 0 Å². The maximum atomic E-state index is 11.3. The number of rotatable bonds is 3. The third kappa shape index (κ3) is 3.17. The smallest absolute Gasteiger partial charge is 0.337 e. The van der Waals surface area contributed by atoms with E-state index < -0.39 is 0 Å². The normalized spacial score (nSPS) is 10.7. The minimum Gasteiger partial charge on any atom is -0.504 e. The van der Waals surface area contributed by atoms with Gasteiger partial charge in [0.2, 0.25) is 0 Å². The number of methoxy groups -OCH3 is 1. The lowest BCUT2D eigenvalue weighted by atomic mass is 10.1. The molecule has 0 saturated heterocycles. The third-order valence-electron chi connectivity index (χ3n) is 2.80. The van der Waals surface area contributed by atoms with Gasteiger partial charge in [-0.2, -0.15) is 0 Å². The Bertz CT molecular complexity index is 642. The molecule has 4 nitrogen and oxygen atoms in total. The van der Waals surface area contributed by atoms with Crippen molar-refractivity contribution >= 4 is 18.1 Å². The zero-order chi connectivity index (χ0) is 14.5. The standard InChI is InChI=1S/C16H14O4/c1-20-16(19)13-7-4-11(5-8-13)2-3-12-6-9-14(17)15(18)10-12/h2-10,17-18H,1H3. The summed E-state index contributed by atoms with van der Waals surface area (Å²) in [5.74, 6) is -0.679. The van der Waals surface area contributed by atoms with Crippen LogP contribution in [0.4, 0.5) is 0 Å². The minimum atomic E-state index is -0.371. The quantitative estimate of drug-likeness (QED) is 0.511. The lowest BCUT2D eigenvalue weighted by Crippen LogP contribution is -2.00. The van der Waals surface area contributed by atoms with Crippen molar-refractivity contribution in [1.82, 2.24) is 0 Å². The Balaban J connectivity index is 2.15. The van der Waals surface area contributed by atoms with Gasteiger partial charge in [-0.05, 0) is 35.4 Å². The molecule has 2 aromatic rings. The fourth-order valence-corrected chi connectivity index (χ4v) is 1.68. The summed E-state index contributed by atoms with van der Waals surface area (Å²) in [4.78, 5) is 11.3. The van der Waals surface area contributed by atoms with Crippen LogP contribution >= 0.6 is 0 Å². The Labute approximate surface area is 116 Å². The van der Waals surface area contributed by atoms with Gasteiger partial charge in [-0.3, -0.25) is 0 Å². The van der Waals surface area contributed by atoms with Gasteiger partial charge in [0.15, 0.2) is 11.5 Å². The SMILES string of the molecule is COC(=O)c1ccc(C=Cc2ccc(O)c(O)c2)cc1. The molecule has 0 amide bonds. The second kappa shape index (κ2) is 5.93. The molecule has 2 aromatic carbocycles. The maximum absolute atomic E-state index is 11.3. The number of benzene rings is 2. The van der Waals surface area contributed by atoms with Crippen LogP contribution in [0.1, 0.15) is 21.5 Å². The summed E-state index contributed by atoms with van der Waals surface area (Å²) < 4.78 is 4.62. The fourth-order valence-electron chi connectivity index (χ4n) is 1.68. The highest BCUT2D eigenvalue weighted by Gasteiger charge is 2.03. The van der Waals surface area contributed by atoms with Gasteiger partial charge < -0.3 is 14.9 Å². The zero-order valence-corrected chi connectivity index (χ0v) is 10.9. The molecule has 0 bridgehead atoms. The Morgan fingerprint density at radius 2 is 1.55 bits per heavy atom. The molecule has 0 fully saturated rings. The van der Waals surface area contributed by atoms with Gasteiger partial charge in [0.05, 0.1) is 12.7 Å². The highest BCUT2D eigenvalue weighted by molar-refractivity contribution is 5.89. The predicted octanol–water partition coefficient (Wildman–Crippen LogP) is 3.05. The van der Waals surface area contributed by atoms with E-state index in [2.05, 4.69) is 4.74 Å². The van der Waals surface area contributed by atoms with Crippen molar-refractivity contribution in [3.8, 4) is 11.5 Å². The van der Waals surface area contributed by atoms with Crippen LogP contribution in [0.5, 0.6) is 11.5 Å². The molecule has 20 heavy (non-hydrogen) atoms. The Hall–Kier alpha value is -2.75. The van der Waals surface area contributed by atoms with Crippen molar-refractivity contribution < 1.29 is 19.7 Å². The summed E-state index contributed by atoms with van der Waals surface area (Å²) in [7, 11) is 1.34. The van der Waals surface area contributed by atoms with E-state index in [9.17, 15) is 15.0 Å². The molecule has 0 unspecified atom stereocenters. The zero-order valence-electron chi connectivity index (χ0n) is 10.9. The van der Waals surface area contributed by atoms with Crippen molar-refractivity contribution in [2.45, 2.75) is 0 Å². The lowest BCUT2D eigenvalue weighted by Gasteiger charge is -2.00. The van der Waals surface area contributed by atoms with Gasteiger partial charge in [-0.1, -0.05) is 30.4 Å². The number of aromatic hydroxyl groups is 2. The van der Waals surface area contributed by atoms with Gasteiger partial charge in [0.25, 0.3) is 0 Å². The lowest BCUT2D eigenvalue weighted by molar-refractivity contribution is 0.0600. The molecule has 0 aliphatic rings. The molecular weight excluding hydrogens is 256 g/mol. The predicted molar refractivity (Wildman–Crippen MR) is 76.5 cm³/mol. The second-order valence-electron chi connectivity index (χ2n) is 4.20. The first-order valence-corrected chi connectivity index (χ1v) is 5.98. The average Bonchev–Trinajstić information content (AvgIpc) is 2.48. The fraction of sp³-hybridized carbons (Fsp3) is 0.0625. The largest absolute Gasteiger partial charge is 0.504 e. The van der Waals surface area contributed by atoms with E-state index >= 15 is 0 Å². The first-order valence-electron chi connectivity index (χ1n) is 5.98. The number of esters is 1. The van der Waals surface area contributed by atoms with Crippen molar-refractivity contribution in [2.75, 3.05) is 7.11 Å². The Morgan fingerprint density at radius 3 is 2.15 bits per heavy atom. The van der Waals surface area contributed by atoms with Gasteiger partial charge >= 0.3 is 5.97 Å². The molecular formula is C16H14O4. The summed E-state index contributed by atoms with van der Waals surface area (Å²) >= 11 is 0. The highest BCUT2D eigenvalue weighted by atomic mass is 16.5. The molecule has 102 valence electrons. The third-order valence-corrected chi connectivity index (χ3v) is 2.80. The van der Waals surface area contributed by atoms with Crippen molar-refractivity contribution in [3.05, 3.63) is 59.2 Å². The van der Waals surface area contributed by atoms with E-state index in [0.29, 0.717) is 5.56 Å². The monoisotopic (exact) mass is 270 g/mol. The first kappa shape index (κ1) is 13.7. The molecule has 0 aliphatic carbocycles. The van der Waals surface area contributed by atoms with E-state index in [1.54, 1.807) is 36.4 Å². The van der Waals surface area contributed by atoms with Crippen molar-refractivity contribution in [2.24, 2.45) is 0 Å². The van der Waals surface area contributed by atoms with Crippen LogP contribution in [0.15, 0.2) is 42.5 Å². The summed E-state index contributed by atoms with van der Waals surface area (Å²) in [6.45, 7) is 0. The maximum Gasteiger partial charge on any atom is 0.337 e. The number of hydrogen-bond donors (Lipinski definition) is 2. The van der Waals surface area contributed by atoms with Crippen LogP contribution in [0.25, 0.3) is 12.2 Å². The molecule has 0 saturated carbocycles. The number of carbonyl (C=O) groups is 1. The minimum absolute atomic E-state index is 0.149. The molecule has 4 heteroatoms. The van der Waals surface area contributed by atoms with E-state index in [1.165, 1.54) is 19.2 Å². The van der Waals surface area contributed by atoms with E-state index in [-0.39, 0.29) is 17.5 Å². The Kier molecular flexibility index (Phi) is 4.05. The van der Waals surface area contributed by atoms with Crippen LogP contribution in [0, 0.1) is 0 Å². The van der Waals surface area contributed by atoms with Crippen molar-refractivity contribution in [3.63, 3.8) is 0 Å². The first-order chi connectivity index (χ1) is 9.60. The topological polar surface area (TPSA) is 66.8 Å². The van der Waals surface area contributed by atoms with Gasteiger partial charge in [0, 0.05) is 0 Å². The van der Waals surface area contributed by atoms with Crippen LogP contribution in [-0.4, -0.2) is 23.3 Å². The summed E-state index contributed by atoms with van der Waals surface area (Å²) in [5.41, 5.74) is 2.16. The van der Waals surface area contributed by atoms with Crippen LogP contribution < -0.4 is 0 Å². The average molecular weight is 270 g/mol. The number of phenols is 2. The Morgan fingerprint density at radius 1 is 0.950 bits per heavy atom. The molecule has 0 heterocycles. The van der Waals surface area contributed by atoms with E-state index in [4.69, 9.17) is 0 Å². The summed E-state index contributed by atoms with van der Waals surface area (Å²) in [6, 6.07) is 11.5. The second-order valence-corrected chi connectivity index (χ2v) is 4.20. The van der Waals surface area contributed by atoms with E-state index in [0.717, 1.165) is 11.1 Å². The summed E-state index contributed by atoms with van der Waals surface area (Å²) in [5, 5.41) is 18.6. The summed E-state index contributed by atoms with van der Waals surface area (Å²) in [6.07, 6.45) is 3.64. The van der Waals surface area contributed by atoms with Crippen molar-refractivity contribution in [1.29, 1.82) is 0 Å². The van der Waals surface area contributed by atoms with Gasteiger partial charge in [-0.15, -0.1) is 0 Å². The van der Waals surface area contributed by atoms with E-state index in [1.807, 2.05) is 6.08 Å². The molecule has 2 N–H and O–H groups in total. The molecule has 0 radical (unpaired) electrons. The number of carbonyl (C=O) groups excluding carboxylic acids is 1. The van der Waals surface area contributed by atoms with Crippen LogP contribution in [-0.2, 0) is 4.74 Å². The molecule has 0 atom stereocenters. The van der Waals surface area contributed by atoms with Crippen LogP contribution in [0.3, 0.4) is 0 Å². The van der Waals surface area contributed by atoms with Crippen LogP contribution in [0.2, 0.25) is 0 Å². The molecule has 0 aliphatic heterocycles. The molecule has 0 spiro atoms. The van der Waals surface area contributed by atoms with Gasteiger partial charge in [-0.25, -0.2) is 4.79 Å². The molecule has 2 rings (SSSR count).